The van der Waals surface area contributed by atoms with Crippen LogP contribution in [-0.2, 0) is 27.8 Å². The van der Waals surface area contributed by atoms with Crippen molar-refractivity contribution in [3.63, 3.8) is 0 Å². The number of halogens is 1. The third-order valence-electron chi connectivity index (χ3n) is 9.99. The Kier molecular flexibility index (Phi) is 9.96. The van der Waals surface area contributed by atoms with Crippen LogP contribution in [0.15, 0.2) is 36.4 Å². The molecule has 8 nitrogen and oxygen atoms in total. The number of nitrogens with one attached hydrogen (secondary N) is 1. The Morgan fingerprint density at radius 2 is 1.91 bits per heavy atom. The molecule has 1 amide bonds. The monoisotopic (exact) mass is 632 g/mol. The van der Waals surface area contributed by atoms with Gasteiger partial charge in [0.15, 0.2) is 0 Å². The third-order valence-corrected chi connectivity index (χ3v) is 12.1. The van der Waals surface area contributed by atoms with E-state index < -0.39 is 26.8 Å². The minimum absolute atomic E-state index is 0.0669. The Labute approximate surface area is 261 Å². The van der Waals surface area contributed by atoms with Gasteiger partial charge < -0.3 is 19.5 Å². The summed E-state index contributed by atoms with van der Waals surface area (Å²) in [6.07, 6.45) is 6.49. The van der Waals surface area contributed by atoms with Gasteiger partial charge in [-0.05, 0) is 111 Å². The summed E-state index contributed by atoms with van der Waals surface area (Å²) in [6, 6.07) is 11.0. The van der Waals surface area contributed by atoms with E-state index in [1.165, 1.54) is 5.56 Å². The summed E-state index contributed by atoms with van der Waals surface area (Å²) < 4.78 is 40.8. The Morgan fingerprint density at radius 1 is 1.09 bits per heavy atom. The Balaban J connectivity index is 1.55. The topological polar surface area (TPSA) is 105 Å². The first-order chi connectivity index (χ1) is 20.5. The normalized spacial score (nSPS) is 30.0. The number of rotatable bonds is 2. The van der Waals surface area contributed by atoms with Crippen molar-refractivity contribution in [1.29, 1.82) is 0 Å². The molecule has 2 N–H and O–H groups in total. The maximum Gasteiger partial charge on any atom is 0.264 e. The van der Waals surface area contributed by atoms with Gasteiger partial charge in [-0.25, -0.2) is 13.1 Å². The van der Waals surface area contributed by atoms with Crippen molar-refractivity contribution in [3.05, 3.63) is 58.1 Å². The minimum atomic E-state index is -3.93. The second-order valence-corrected chi connectivity index (χ2v) is 15.3. The lowest BCUT2D eigenvalue weighted by Gasteiger charge is -2.49. The number of nitrogens with zero attached hydrogens (tertiary/aromatic N) is 1. The maximum atomic E-state index is 13.4. The third kappa shape index (κ3) is 7.16. The van der Waals surface area contributed by atoms with Crippen LogP contribution in [0.4, 0.5) is 5.69 Å². The lowest BCUT2D eigenvalue weighted by molar-refractivity contribution is -0.125. The summed E-state index contributed by atoms with van der Waals surface area (Å²) >= 11 is 6.32. The van der Waals surface area contributed by atoms with Gasteiger partial charge in [0.05, 0.1) is 23.1 Å². The summed E-state index contributed by atoms with van der Waals surface area (Å²) in [5, 5.41) is 11.8. The molecule has 2 aromatic rings. The number of hydrogen-bond donors (Lipinski definition) is 2. The lowest BCUT2D eigenvalue weighted by Crippen LogP contribution is -2.53. The van der Waals surface area contributed by atoms with Crippen LogP contribution < -0.4 is 14.4 Å². The Morgan fingerprint density at radius 3 is 2.65 bits per heavy atom. The van der Waals surface area contributed by atoms with Gasteiger partial charge in [0.25, 0.3) is 5.91 Å². The fourth-order valence-corrected chi connectivity index (χ4v) is 8.53. The number of aliphatic hydroxyl groups is 1. The molecule has 1 saturated carbocycles. The molecular formula is C33H45ClN2O6S. The standard InChI is InChI=1S/C33H45ClN2O6S/c1-22-7-6-15-33(38,21-41-3)29-13-10-26(29)19-36-16-5-4-8-24-17-28(34)12-9-27(24)20-42-31-14-11-25(18-30(31)36)32(37)35-43(39,40)23(22)2/h9,11-12,14,17-18,22-23,26,29,38H,4-8,10,13,15-16,19-21H2,1-3H3,(H,35,37)/t22-,23+,26-,29+,33-/m0/s1. The van der Waals surface area contributed by atoms with Crippen LogP contribution in [0.5, 0.6) is 5.75 Å². The predicted molar refractivity (Wildman–Crippen MR) is 169 cm³/mol. The number of ether oxygens (including phenoxy) is 2. The van der Waals surface area contributed by atoms with Crippen molar-refractivity contribution < 1.29 is 27.8 Å². The quantitative estimate of drug-likeness (QED) is 0.435. The molecule has 2 heterocycles. The zero-order valence-corrected chi connectivity index (χ0v) is 27.1. The van der Waals surface area contributed by atoms with Crippen molar-refractivity contribution in [2.75, 3.05) is 31.7 Å². The highest BCUT2D eigenvalue weighted by molar-refractivity contribution is 7.90. The first-order valence-corrected chi connectivity index (χ1v) is 17.5. The number of fused-ring (bicyclic) bond motifs is 3. The first kappa shape index (κ1) is 32.1. The number of methoxy groups -OCH3 is 1. The number of hydrogen-bond acceptors (Lipinski definition) is 7. The van der Waals surface area contributed by atoms with Gasteiger partial charge >= 0.3 is 0 Å². The van der Waals surface area contributed by atoms with Gasteiger partial charge in [-0.3, -0.25) is 4.79 Å². The Hall–Kier alpha value is -2.33. The van der Waals surface area contributed by atoms with E-state index in [1.807, 2.05) is 25.1 Å². The SMILES string of the molecule is COC[C@@]1(O)CCC[C@H](C)[C@@H](C)S(=O)(=O)NC(=O)c2ccc3c(c2)N(CCCCc2cc(Cl)ccc2CO3)C[C@@H]2CC[C@H]21. The molecule has 0 unspecified atom stereocenters. The smallest absolute Gasteiger partial charge is 0.264 e. The van der Waals surface area contributed by atoms with Crippen LogP contribution >= 0.6 is 11.6 Å². The molecule has 5 atom stereocenters. The summed E-state index contributed by atoms with van der Waals surface area (Å²) in [7, 11) is -2.30. The van der Waals surface area contributed by atoms with Crippen molar-refractivity contribution >= 4 is 33.2 Å². The molecule has 0 saturated heterocycles. The van der Waals surface area contributed by atoms with Gasteiger partial charge in [0.2, 0.25) is 10.0 Å². The number of aryl methyl sites for hydroxylation is 1. The van der Waals surface area contributed by atoms with E-state index in [2.05, 4.69) is 9.62 Å². The van der Waals surface area contributed by atoms with E-state index in [4.69, 9.17) is 21.1 Å². The zero-order valence-electron chi connectivity index (χ0n) is 25.5. The molecule has 236 valence electrons. The summed E-state index contributed by atoms with van der Waals surface area (Å²) in [5.74, 6) is 0.109. The fourth-order valence-electron chi connectivity index (χ4n) is 7.02. The molecule has 10 heteroatoms. The number of benzene rings is 2. The molecule has 1 aliphatic carbocycles. The largest absolute Gasteiger partial charge is 0.487 e. The molecule has 0 spiro atoms. The minimum Gasteiger partial charge on any atom is -0.487 e. The van der Waals surface area contributed by atoms with Crippen LogP contribution in [0.2, 0.25) is 5.02 Å². The molecule has 2 aliphatic heterocycles. The molecule has 2 bridgehead atoms. The highest BCUT2D eigenvalue weighted by Gasteiger charge is 2.47. The molecule has 43 heavy (non-hydrogen) atoms. The van der Waals surface area contributed by atoms with Crippen molar-refractivity contribution in [2.24, 2.45) is 17.8 Å². The second kappa shape index (κ2) is 13.3. The maximum absolute atomic E-state index is 13.4. The second-order valence-electron chi connectivity index (χ2n) is 12.8. The number of amides is 1. The van der Waals surface area contributed by atoms with E-state index in [0.29, 0.717) is 43.2 Å². The molecule has 2 aromatic carbocycles. The van der Waals surface area contributed by atoms with Crippen LogP contribution in [0.3, 0.4) is 0 Å². The summed E-state index contributed by atoms with van der Waals surface area (Å²) in [6.45, 7) is 5.56. The number of carbonyl (C=O) groups is 1. The molecule has 5 rings (SSSR count). The summed E-state index contributed by atoms with van der Waals surface area (Å²) in [4.78, 5) is 15.6. The predicted octanol–water partition coefficient (Wildman–Crippen LogP) is 5.73. The summed E-state index contributed by atoms with van der Waals surface area (Å²) in [5.41, 5.74) is 2.28. The van der Waals surface area contributed by atoms with E-state index >= 15 is 0 Å². The molecular weight excluding hydrogens is 588 g/mol. The van der Waals surface area contributed by atoms with E-state index in [0.717, 1.165) is 49.9 Å². The highest BCUT2D eigenvalue weighted by atomic mass is 35.5. The van der Waals surface area contributed by atoms with Gasteiger partial charge in [-0.2, -0.15) is 0 Å². The van der Waals surface area contributed by atoms with E-state index in [9.17, 15) is 18.3 Å². The van der Waals surface area contributed by atoms with Crippen molar-refractivity contribution in [1.82, 2.24) is 4.72 Å². The lowest BCUT2D eigenvalue weighted by atomic mass is 9.63. The zero-order chi connectivity index (χ0) is 30.8. The van der Waals surface area contributed by atoms with Crippen molar-refractivity contribution in [3.8, 4) is 5.75 Å². The molecule has 3 aliphatic rings. The fraction of sp³-hybridized carbons (Fsp3) is 0.606. The van der Waals surface area contributed by atoms with Crippen LogP contribution in [-0.4, -0.2) is 57.1 Å². The average Bonchev–Trinajstić information content (AvgIpc) is 2.97. The van der Waals surface area contributed by atoms with Crippen molar-refractivity contribution in [2.45, 2.75) is 82.7 Å². The van der Waals surface area contributed by atoms with Gasteiger partial charge in [-0.15, -0.1) is 0 Å². The van der Waals surface area contributed by atoms with E-state index in [-0.39, 0.29) is 29.9 Å². The molecule has 1 fully saturated rings. The van der Waals surface area contributed by atoms with Gasteiger partial charge in [-0.1, -0.05) is 31.0 Å². The Bertz CT molecular complexity index is 1420. The molecule has 0 radical (unpaired) electrons. The van der Waals surface area contributed by atoms with Crippen LogP contribution in [0.1, 0.15) is 80.3 Å². The number of sulfonamides is 1. The number of anilines is 1. The first-order valence-electron chi connectivity index (χ1n) is 15.6. The molecule has 0 aromatic heterocycles. The van der Waals surface area contributed by atoms with Crippen LogP contribution in [0, 0.1) is 17.8 Å². The van der Waals surface area contributed by atoms with Gasteiger partial charge in [0, 0.05) is 30.8 Å². The average molecular weight is 633 g/mol. The van der Waals surface area contributed by atoms with E-state index in [1.54, 1.807) is 32.2 Å². The van der Waals surface area contributed by atoms with Crippen LogP contribution in [0.25, 0.3) is 0 Å². The highest BCUT2D eigenvalue weighted by Crippen LogP contribution is 2.46. The van der Waals surface area contributed by atoms with Gasteiger partial charge in [0.1, 0.15) is 12.4 Å². The number of carbonyl (C=O) groups excluding carboxylic acids is 1.